The van der Waals surface area contributed by atoms with Crippen molar-refractivity contribution in [3.63, 3.8) is 0 Å². The summed E-state index contributed by atoms with van der Waals surface area (Å²) in [5, 5.41) is 9.08. The van der Waals surface area contributed by atoms with Crippen LogP contribution in [-0.2, 0) is 9.59 Å². The summed E-state index contributed by atoms with van der Waals surface area (Å²) in [7, 11) is 1.72. The molecule has 18 heavy (non-hydrogen) atoms. The fourth-order valence-corrected chi connectivity index (χ4v) is 2.32. The standard InChI is InChI=1S/C13H24N2O3/c1-5-15-8-6-10(7-9-15)14(4)11(16)13(2,3)12(17)18/h10H,5-9H2,1-4H3,(H,17,18). The molecule has 1 N–H and O–H groups in total. The average Bonchev–Trinajstić information content (AvgIpc) is 2.36. The molecule has 5 heteroatoms. The van der Waals surface area contributed by atoms with Crippen molar-refractivity contribution in [1.29, 1.82) is 0 Å². The molecule has 0 spiro atoms. The van der Waals surface area contributed by atoms with Gasteiger partial charge in [-0.15, -0.1) is 0 Å². The second-order valence-electron chi connectivity index (χ2n) is 5.51. The molecule has 5 nitrogen and oxygen atoms in total. The molecule has 0 saturated carbocycles. The van der Waals surface area contributed by atoms with Crippen LogP contribution < -0.4 is 0 Å². The summed E-state index contributed by atoms with van der Waals surface area (Å²) in [6.45, 7) is 8.05. The van der Waals surface area contributed by atoms with Crippen LogP contribution in [0.1, 0.15) is 33.6 Å². The van der Waals surface area contributed by atoms with Crippen LogP contribution in [0.3, 0.4) is 0 Å². The van der Waals surface area contributed by atoms with E-state index < -0.39 is 11.4 Å². The van der Waals surface area contributed by atoms with Crippen molar-refractivity contribution < 1.29 is 14.7 Å². The van der Waals surface area contributed by atoms with E-state index >= 15 is 0 Å². The zero-order valence-corrected chi connectivity index (χ0v) is 11.8. The van der Waals surface area contributed by atoms with Crippen molar-refractivity contribution in [2.45, 2.75) is 39.7 Å². The van der Waals surface area contributed by atoms with E-state index in [9.17, 15) is 9.59 Å². The van der Waals surface area contributed by atoms with E-state index in [-0.39, 0.29) is 11.9 Å². The Labute approximate surface area is 109 Å². The van der Waals surface area contributed by atoms with Gasteiger partial charge in [-0.05, 0) is 33.2 Å². The Balaban J connectivity index is 2.63. The molecule has 1 amide bonds. The number of amides is 1. The van der Waals surface area contributed by atoms with Gasteiger partial charge in [0.25, 0.3) is 0 Å². The van der Waals surface area contributed by atoms with Crippen molar-refractivity contribution in [1.82, 2.24) is 9.80 Å². The highest BCUT2D eigenvalue weighted by Gasteiger charge is 2.40. The summed E-state index contributed by atoms with van der Waals surface area (Å²) in [6, 6.07) is 0.166. The lowest BCUT2D eigenvalue weighted by Crippen LogP contribution is -2.51. The van der Waals surface area contributed by atoms with Gasteiger partial charge in [0.05, 0.1) is 0 Å². The van der Waals surface area contributed by atoms with Crippen molar-refractivity contribution in [3.8, 4) is 0 Å². The molecule has 0 aromatic rings. The smallest absolute Gasteiger partial charge is 0.318 e. The largest absolute Gasteiger partial charge is 0.480 e. The van der Waals surface area contributed by atoms with Crippen molar-refractivity contribution >= 4 is 11.9 Å². The molecule has 1 rings (SSSR count). The zero-order chi connectivity index (χ0) is 13.9. The van der Waals surface area contributed by atoms with Crippen LogP contribution in [0.25, 0.3) is 0 Å². The Morgan fingerprint density at radius 1 is 1.33 bits per heavy atom. The number of hydrogen-bond acceptors (Lipinski definition) is 3. The van der Waals surface area contributed by atoms with E-state index in [2.05, 4.69) is 11.8 Å². The highest BCUT2D eigenvalue weighted by Crippen LogP contribution is 2.23. The molecule has 0 radical (unpaired) electrons. The maximum absolute atomic E-state index is 12.2. The van der Waals surface area contributed by atoms with E-state index in [1.165, 1.54) is 13.8 Å². The first-order valence-electron chi connectivity index (χ1n) is 6.53. The molecule has 1 aliphatic heterocycles. The molecule has 1 saturated heterocycles. The van der Waals surface area contributed by atoms with Crippen LogP contribution >= 0.6 is 0 Å². The van der Waals surface area contributed by atoms with Gasteiger partial charge in [-0.1, -0.05) is 6.92 Å². The summed E-state index contributed by atoms with van der Waals surface area (Å²) >= 11 is 0. The van der Waals surface area contributed by atoms with E-state index in [1.54, 1.807) is 11.9 Å². The topological polar surface area (TPSA) is 60.9 Å². The molecule has 0 bridgehead atoms. The number of piperidine rings is 1. The number of carbonyl (C=O) groups is 2. The van der Waals surface area contributed by atoms with Crippen LogP contribution in [0.5, 0.6) is 0 Å². The number of carboxylic acid groups (broad SMARTS) is 1. The SMILES string of the molecule is CCN1CCC(N(C)C(=O)C(C)(C)C(=O)O)CC1. The van der Waals surface area contributed by atoms with E-state index in [0.29, 0.717) is 0 Å². The van der Waals surface area contributed by atoms with Gasteiger partial charge in [0.15, 0.2) is 0 Å². The fraction of sp³-hybridized carbons (Fsp3) is 0.846. The minimum atomic E-state index is -1.34. The predicted octanol–water partition coefficient (Wildman–Crippen LogP) is 1.04. The average molecular weight is 256 g/mol. The number of carbonyl (C=O) groups excluding carboxylic acids is 1. The summed E-state index contributed by atoms with van der Waals surface area (Å²) in [5.74, 6) is -1.37. The molecule has 1 heterocycles. The first kappa shape index (κ1) is 15.0. The number of hydrogen-bond donors (Lipinski definition) is 1. The van der Waals surface area contributed by atoms with Crippen LogP contribution in [-0.4, -0.2) is 59.5 Å². The van der Waals surface area contributed by atoms with Crippen LogP contribution in [0.4, 0.5) is 0 Å². The monoisotopic (exact) mass is 256 g/mol. The fourth-order valence-electron chi connectivity index (χ4n) is 2.32. The zero-order valence-electron chi connectivity index (χ0n) is 11.8. The molecule has 1 aliphatic rings. The summed E-state index contributed by atoms with van der Waals surface area (Å²) < 4.78 is 0. The van der Waals surface area contributed by atoms with E-state index in [1.807, 2.05) is 0 Å². The van der Waals surface area contributed by atoms with E-state index in [4.69, 9.17) is 5.11 Å². The lowest BCUT2D eigenvalue weighted by atomic mass is 9.90. The first-order valence-corrected chi connectivity index (χ1v) is 6.53. The third-order valence-corrected chi connectivity index (χ3v) is 3.94. The van der Waals surface area contributed by atoms with Crippen LogP contribution in [0.2, 0.25) is 0 Å². The van der Waals surface area contributed by atoms with Gasteiger partial charge < -0.3 is 14.9 Å². The highest BCUT2D eigenvalue weighted by atomic mass is 16.4. The minimum Gasteiger partial charge on any atom is -0.480 e. The second-order valence-corrected chi connectivity index (χ2v) is 5.51. The molecular formula is C13H24N2O3. The van der Waals surface area contributed by atoms with Gasteiger partial charge in [-0.25, -0.2) is 0 Å². The lowest BCUT2D eigenvalue weighted by Gasteiger charge is -2.38. The lowest BCUT2D eigenvalue weighted by molar-refractivity contribution is -0.159. The maximum Gasteiger partial charge on any atom is 0.318 e. The molecule has 0 unspecified atom stereocenters. The summed E-state index contributed by atoms with van der Waals surface area (Å²) in [5.41, 5.74) is -1.34. The molecule has 0 aromatic heterocycles. The molecule has 1 fully saturated rings. The molecule has 0 atom stereocenters. The van der Waals surface area contributed by atoms with E-state index in [0.717, 1.165) is 32.5 Å². The number of likely N-dealkylation sites (tertiary alicyclic amines) is 1. The van der Waals surface area contributed by atoms with Gasteiger partial charge in [0.1, 0.15) is 5.41 Å². The van der Waals surface area contributed by atoms with Gasteiger partial charge in [-0.2, -0.15) is 0 Å². The van der Waals surface area contributed by atoms with Crippen molar-refractivity contribution in [2.24, 2.45) is 5.41 Å². The summed E-state index contributed by atoms with van der Waals surface area (Å²) in [4.78, 5) is 27.3. The first-order chi connectivity index (χ1) is 8.30. The van der Waals surface area contributed by atoms with Gasteiger partial charge in [-0.3, -0.25) is 9.59 Å². The van der Waals surface area contributed by atoms with Gasteiger partial charge in [0.2, 0.25) is 5.91 Å². The van der Waals surface area contributed by atoms with Crippen molar-refractivity contribution in [3.05, 3.63) is 0 Å². The molecular weight excluding hydrogens is 232 g/mol. The third kappa shape index (κ3) is 3.02. The second kappa shape index (κ2) is 5.69. The highest BCUT2D eigenvalue weighted by molar-refractivity contribution is 6.00. The van der Waals surface area contributed by atoms with Crippen LogP contribution in [0, 0.1) is 5.41 Å². The molecule has 0 aromatic carbocycles. The number of rotatable bonds is 4. The Hall–Kier alpha value is -1.10. The van der Waals surface area contributed by atoms with Crippen molar-refractivity contribution in [2.75, 3.05) is 26.7 Å². The summed E-state index contributed by atoms with van der Waals surface area (Å²) in [6.07, 6.45) is 1.84. The minimum absolute atomic E-state index is 0.166. The van der Waals surface area contributed by atoms with Crippen LogP contribution in [0.15, 0.2) is 0 Å². The maximum atomic E-state index is 12.2. The number of nitrogens with zero attached hydrogens (tertiary/aromatic N) is 2. The Kier molecular flexibility index (Phi) is 4.73. The quantitative estimate of drug-likeness (QED) is 0.763. The Bertz CT molecular complexity index is 320. The predicted molar refractivity (Wildman–Crippen MR) is 69.3 cm³/mol. The molecule has 104 valence electrons. The normalized spacial score (nSPS) is 18.7. The number of aliphatic carboxylic acids is 1. The Morgan fingerprint density at radius 2 is 1.83 bits per heavy atom. The third-order valence-electron chi connectivity index (χ3n) is 3.94. The van der Waals surface area contributed by atoms with Gasteiger partial charge in [0, 0.05) is 26.2 Å². The van der Waals surface area contributed by atoms with Gasteiger partial charge >= 0.3 is 5.97 Å². The molecule has 0 aliphatic carbocycles. The number of carboxylic acids is 1. The Morgan fingerprint density at radius 3 is 2.22 bits per heavy atom.